The van der Waals surface area contributed by atoms with Gasteiger partial charge in [-0.25, -0.2) is 0 Å². The minimum absolute atomic E-state index is 0.00547. The highest BCUT2D eigenvalue weighted by Gasteiger charge is 2.22. The molecule has 0 saturated carbocycles. The minimum atomic E-state index is -0.00547. The van der Waals surface area contributed by atoms with Crippen LogP contribution in [0.5, 0.6) is 0 Å². The van der Waals surface area contributed by atoms with E-state index < -0.39 is 0 Å². The van der Waals surface area contributed by atoms with Crippen molar-refractivity contribution in [3.8, 4) is 17.1 Å². The quantitative estimate of drug-likeness (QED) is 0.287. The predicted octanol–water partition coefficient (Wildman–Crippen LogP) is 4.74. The van der Waals surface area contributed by atoms with Crippen molar-refractivity contribution in [1.29, 1.82) is 0 Å². The average Bonchev–Trinajstić information content (AvgIpc) is 3.49. The zero-order valence-electron chi connectivity index (χ0n) is 18.7. The molecule has 8 heteroatoms. The predicted molar refractivity (Wildman–Crippen MR) is 132 cm³/mol. The van der Waals surface area contributed by atoms with Gasteiger partial charge in [-0.1, -0.05) is 30.0 Å². The van der Waals surface area contributed by atoms with Crippen molar-refractivity contribution in [2.24, 2.45) is 0 Å². The second-order valence-corrected chi connectivity index (χ2v) is 9.01. The number of nitrogens with zero attached hydrogens (tertiary/aromatic N) is 5. The van der Waals surface area contributed by atoms with Crippen molar-refractivity contribution in [3.05, 3.63) is 84.2 Å². The Kier molecular flexibility index (Phi) is 6.22. The number of aromatic nitrogens is 4. The Labute approximate surface area is 201 Å². The van der Waals surface area contributed by atoms with Crippen LogP contribution in [-0.4, -0.2) is 43.7 Å². The summed E-state index contributed by atoms with van der Waals surface area (Å²) in [5, 5.41) is 9.49. The molecule has 0 atom stereocenters. The van der Waals surface area contributed by atoms with Gasteiger partial charge in [0.05, 0.1) is 11.4 Å². The van der Waals surface area contributed by atoms with Gasteiger partial charge in [-0.05, 0) is 61.4 Å². The number of aryl methyl sites for hydroxylation is 1. The van der Waals surface area contributed by atoms with Crippen LogP contribution in [-0.2, 0) is 4.79 Å². The molecule has 1 fully saturated rings. The van der Waals surface area contributed by atoms with Gasteiger partial charge in [-0.15, -0.1) is 10.2 Å². The summed E-state index contributed by atoms with van der Waals surface area (Å²) >= 11 is 1.36. The van der Waals surface area contributed by atoms with Crippen LogP contribution >= 0.6 is 11.8 Å². The van der Waals surface area contributed by atoms with Gasteiger partial charge >= 0.3 is 0 Å². The number of para-hydroxylation sites is 1. The lowest BCUT2D eigenvalue weighted by molar-refractivity contribution is -0.117. The maximum absolute atomic E-state index is 12.9. The number of amides is 1. The lowest BCUT2D eigenvalue weighted by Crippen LogP contribution is -2.23. The monoisotopic (exact) mass is 469 g/mol. The van der Waals surface area contributed by atoms with Gasteiger partial charge in [0.25, 0.3) is 0 Å². The fourth-order valence-corrected chi connectivity index (χ4v) is 4.88. The topological polar surface area (TPSA) is 81.0 Å². The van der Waals surface area contributed by atoms with E-state index in [1.807, 2.05) is 60.0 Å². The molecular weight excluding hydrogens is 446 g/mol. The van der Waals surface area contributed by atoms with E-state index in [9.17, 15) is 9.59 Å². The largest absolute Gasteiger partial charge is 0.312 e. The van der Waals surface area contributed by atoms with Gasteiger partial charge in [0.1, 0.15) is 0 Å². The summed E-state index contributed by atoms with van der Waals surface area (Å²) in [5.41, 5.74) is 4.40. The summed E-state index contributed by atoms with van der Waals surface area (Å²) in [6, 6.07) is 19.1. The molecule has 1 saturated heterocycles. The van der Waals surface area contributed by atoms with Crippen molar-refractivity contribution in [3.63, 3.8) is 0 Å². The zero-order chi connectivity index (χ0) is 23.5. The van der Waals surface area contributed by atoms with Crippen LogP contribution in [0.2, 0.25) is 0 Å². The van der Waals surface area contributed by atoms with Gasteiger partial charge in [0.2, 0.25) is 5.91 Å². The van der Waals surface area contributed by atoms with Crippen molar-refractivity contribution in [2.45, 2.75) is 24.9 Å². The van der Waals surface area contributed by atoms with E-state index in [0.29, 0.717) is 23.0 Å². The minimum Gasteiger partial charge on any atom is -0.312 e. The highest BCUT2D eigenvalue weighted by molar-refractivity contribution is 7.99. The maximum atomic E-state index is 12.9. The van der Waals surface area contributed by atoms with Crippen molar-refractivity contribution < 1.29 is 9.59 Å². The van der Waals surface area contributed by atoms with Gasteiger partial charge in [-0.3, -0.25) is 19.1 Å². The van der Waals surface area contributed by atoms with Crippen LogP contribution in [0.15, 0.2) is 78.2 Å². The number of anilines is 1. The molecule has 5 rings (SSSR count). The number of pyridine rings is 1. The number of hydrogen-bond acceptors (Lipinski definition) is 6. The summed E-state index contributed by atoms with van der Waals surface area (Å²) in [6.45, 7) is 2.77. The van der Waals surface area contributed by atoms with E-state index in [0.717, 1.165) is 35.5 Å². The second kappa shape index (κ2) is 9.61. The normalized spacial score (nSPS) is 13.4. The molecule has 4 aromatic rings. The molecule has 34 heavy (non-hydrogen) atoms. The Hall–Kier alpha value is -3.78. The molecule has 2 aromatic heterocycles. The third-order valence-corrected chi connectivity index (χ3v) is 6.76. The van der Waals surface area contributed by atoms with Crippen molar-refractivity contribution in [2.75, 3.05) is 17.2 Å². The van der Waals surface area contributed by atoms with Crippen LogP contribution in [0.3, 0.4) is 0 Å². The molecule has 7 nitrogen and oxygen atoms in total. The number of benzene rings is 2. The van der Waals surface area contributed by atoms with E-state index in [1.54, 1.807) is 29.4 Å². The molecule has 1 amide bonds. The first-order chi connectivity index (χ1) is 16.6. The molecule has 1 aliphatic rings. The van der Waals surface area contributed by atoms with Crippen molar-refractivity contribution in [1.82, 2.24) is 19.7 Å². The maximum Gasteiger partial charge on any atom is 0.227 e. The summed E-state index contributed by atoms with van der Waals surface area (Å²) in [5.74, 6) is 1.05. The first kappa shape index (κ1) is 22.0. The van der Waals surface area contributed by atoms with Crippen LogP contribution in [0.25, 0.3) is 17.1 Å². The molecule has 3 heterocycles. The molecule has 0 spiro atoms. The smallest absolute Gasteiger partial charge is 0.227 e. The number of carbonyl (C=O) groups excluding carboxylic acids is 2. The lowest BCUT2D eigenvalue weighted by atomic mass is 10.1. The molecule has 0 aliphatic carbocycles. The Morgan fingerprint density at radius 1 is 1.00 bits per heavy atom. The van der Waals surface area contributed by atoms with E-state index in [2.05, 4.69) is 15.2 Å². The highest BCUT2D eigenvalue weighted by Crippen LogP contribution is 2.30. The SMILES string of the molecule is Cc1ccccc1-n1c(SCC(=O)c2ccc(N3CCCC3=O)cc2)nnc1-c1ccncc1. The molecule has 170 valence electrons. The summed E-state index contributed by atoms with van der Waals surface area (Å²) < 4.78 is 1.99. The van der Waals surface area contributed by atoms with E-state index in [-0.39, 0.29) is 17.4 Å². The third kappa shape index (κ3) is 4.36. The van der Waals surface area contributed by atoms with Gasteiger partial charge in [0, 0.05) is 42.2 Å². The first-order valence-electron chi connectivity index (χ1n) is 11.1. The van der Waals surface area contributed by atoms with Gasteiger partial charge in [-0.2, -0.15) is 0 Å². The summed E-state index contributed by atoms with van der Waals surface area (Å²) in [4.78, 5) is 30.8. The van der Waals surface area contributed by atoms with Crippen molar-refractivity contribution >= 4 is 29.1 Å². The fourth-order valence-electron chi connectivity index (χ4n) is 4.04. The molecule has 0 unspecified atom stereocenters. The third-order valence-electron chi connectivity index (χ3n) is 5.83. The van der Waals surface area contributed by atoms with Crippen LogP contribution < -0.4 is 4.90 Å². The number of carbonyl (C=O) groups is 2. The van der Waals surface area contributed by atoms with Crippen LogP contribution in [0, 0.1) is 6.92 Å². The Balaban J connectivity index is 1.38. The number of rotatable bonds is 7. The summed E-state index contributed by atoms with van der Waals surface area (Å²) in [6.07, 6.45) is 4.91. The van der Waals surface area contributed by atoms with E-state index in [4.69, 9.17) is 0 Å². The highest BCUT2D eigenvalue weighted by atomic mass is 32.2. The Morgan fingerprint density at radius 3 is 2.47 bits per heavy atom. The Morgan fingerprint density at radius 2 is 1.76 bits per heavy atom. The number of hydrogen-bond donors (Lipinski definition) is 0. The summed E-state index contributed by atoms with van der Waals surface area (Å²) in [7, 11) is 0. The molecular formula is C26H23N5O2S. The van der Waals surface area contributed by atoms with E-state index >= 15 is 0 Å². The second-order valence-electron chi connectivity index (χ2n) is 8.07. The number of thioether (sulfide) groups is 1. The molecule has 1 aliphatic heterocycles. The standard InChI is InChI=1S/C26H23N5O2S/c1-18-5-2-3-6-22(18)31-25(20-12-14-27-15-13-20)28-29-26(31)34-17-23(32)19-8-10-21(11-9-19)30-16-4-7-24(30)33/h2-3,5-6,8-15H,4,7,16-17H2,1H3. The van der Waals surface area contributed by atoms with Gasteiger partial charge < -0.3 is 4.90 Å². The van der Waals surface area contributed by atoms with Crippen LogP contribution in [0.1, 0.15) is 28.8 Å². The molecule has 0 N–H and O–H groups in total. The Bertz CT molecular complexity index is 1340. The molecule has 2 aromatic carbocycles. The average molecular weight is 470 g/mol. The van der Waals surface area contributed by atoms with Gasteiger partial charge in [0.15, 0.2) is 16.8 Å². The lowest BCUT2D eigenvalue weighted by Gasteiger charge is -2.15. The molecule has 0 radical (unpaired) electrons. The first-order valence-corrected chi connectivity index (χ1v) is 12.1. The van der Waals surface area contributed by atoms with Crippen LogP contribution in [0.4, 0.5) is 5.69 Å². The molecule has 0 bridgehead atoms. The zero-order valence-corrected chi connectivity index (χ0v) is 19.5. The number of ketones is 1. The number of Topliss-reactive ketones (excluding diaryl/α,β-unsaturated/α-hetero) is 1. The fraction of sp³-hybridized carbons (Fsp3) is 0.192. The van der Waals surface area contributed by atoms with E-state index in [1.165, 1.54) is 11.8 Å².